The Morgan fingerprint density at radius 2 is 1.92 bits per heavy atom. The van der Waals surface area contributed by atoms with Gasteiger partial charge in [0.05, 0.1) is 12.9 Å². The summed E-state index contributed by atoms with van der Waals surface area (Å²) in [4.78, 5) is 36.4. The van der Waals surface area contributed by atoms with E-state index in [9.17, 15) is 28.8 Å². The van der Waals surface area contributed by atoms with E-state index in [1.807, 2.05) is 0 Å². The van der Waals surface area contributed by atoms with Crippen LogP contribution in [0.25, 0.3) is 11.2 Å². The number of benzene rings is 1. The van der Waals surface area contributed by atoms with Gasteiger partial charge in [-0.05, 0) is 25.3 Å². The molecule has 0 saturated carbocycles. The molecule has 0 radical (unpaired) electrons. The molecule has 1 aliphatic heterocycles. The Hall–Kier alpha value is -3.97. The molecule has 1 fully saturated rings. The monoisotopic (exact) mass is 718 g/mol. The molecule has 1 aliphatic rings. The molecule has 17 heteroatoms. The van der Waals surface area contributed by atoms with Gasteiger partial charge in [0.2, 0.25) is 0 Å². The van der Waals surface area contributed by atoms with Crippen molar-refractivity contribution in [2.24, 2.45) is 0 Å². The number of terminal acetylenes is 1. The van der Waals surface area contributed by atoms with Gasteiger partial charge in [0.25, 0.3) is 0 Å². The molecule has 3 heterocycles. The smallest absolute Gasteiger partial charge is 0.407 e. The van der Waals surface area contributed by atoms with Gasteiger partial charge in [0.1, 0.15) is 25.0 Å². The lowest BCUT2D eigenvalue weighted by atomic mass is 9.99. The van der Waals surface area contributed by atoms with Crippen molar-refractivity contribution in [2.75, 3.05) is 18.9 Å². The number of unbranched alkanes of at least 4 members (excludes halogenated alkanes) is 6. The van der Waals surface area contributed by atoms with Gasteiger partial charge >= 0.3 is 25.8 Å². The number of nitrogens with one attached hydrogen (secondary N) is 1. The predicted molar refractivity (Wildman–Crippen MR) is 180 cm³/mol. The Morgan fingerprint density at radius 1 is 1.22 bits per heavy atom. The summed E-state index contributed by atoms with van der Waals surface area (Å²) in [6, 6.07) is 7.07. The fourth-order valence-corrected chi connectivity index (χ4v) is 7.10. The fourth-order valence-electron chi connectivity index (χ4n) is 5.45. The van der Waals surface area contributed by atoms with Crippen molar-refractivity contribution in [2.45, 2.75) is 102 Å². The van der Waals surface area contributed by atoms with Crippen LogP contribution in [0.4, 0.5) is 10.2 Å². The standard InChI is InChI=1S/C33H44FN6O9P/c1-4-6-7-8-9-10-14-17-46-31(44)22(3)49-50(45,39-24(30(42)43)18-23-15-12-11-13-16-23)47-20-33(5-2)25(41)19-26(48-33)40-21-36-27-28(35)37-32(34)38-29(27)40/h2,11-13,15-16,21-22,24-26,41H,4,6-10,14,17-20H2,1,3H3,(H,39,45)(H,42,43)(H2,35,37,38)/t22?,24?,25-,26+,33+,50-/m0/s1. The van der Waals surface area contributed by atoms with Gasteiger partial charge < -0.3 is 25.4 Å². The number of carbonyl (C=O) groups excluding carboxylic acids is 1. The number of carbonyl (C=O) groups is 2. The van der Waals surface area contributed by atoms with E-state index in [1.54, 1.807) is 30.3 Å². The molecule has 15 nitrogen and oxygen atoms in total. The molecule has 4 rings (SSSR count). The second-order valence-electron chi connectivity index (χ2n) is 12.1. The van der Waals surface area contributed by atoms with Gasteiger partial charge in [0, 0.05) is 6.42 Å². The van der Waals surface area contributed by atoms with Crippen molar-refractivity contribution >= 4 is 36.7 Å². The lowest BCUT2D eigenvalue weighted by molar-refractivity contribution is -0.152. The molecule has 0 spiro atoms. The maximum atomic E-state index is 14.3. The van der Waals surface area contributed by atoms with Crippen LogP contribution in [0, 0.1) is 18.4 Å². The second kappa shape index (κ2) is 17.8. The number of imidazole rings is 1. The zero-order chi connectivity index (χ0) is 36.3. The molecular weight excluding hydrogens is 674 g/mol. The number of nitrogens with zero attached hydrogens (tertiary/aromatic N) is 4. The van der Waals surface area contributed by atoms with E-state index in [0.29, 0.717) is 12.0 Å². The summed E-state index contributed by atoms with van der Waals surface area (Å²) in [7, 11) is -4.73. The van der Waals surface area contributed by atoms with Crippen molar-refractivity contribution in [1.29, 1.82) is 0 Å². The Morgan fingerprint density at radius 3 is 2.60 bits per heavy atom. The van der Waals surface area contributed by atoms with E-state index in [4.69, 9.17) is 30.7 Å². The summed E-state index contributed by atoms with van der Waals surface area (Å²) in [5.41, 5.74) is 4.48. The summed E-state index contributed by atoms with van der Waals surface area (Å²) < 4.78 is 52.2. The van der Waals surface area contributed by atoms with Gasteiger partial charge in [0.15, 0.2) is 28.7 Å². The molecule has 2 aromatic heterocycles. The summed E-state index contributed by atoms with van der Waals surface area (Å²) in [6.45, 7) is 2.78. The van der Waals surface area contributed by atoms with Gasteiger partial charge in [-0.15, -0.1) is 6.42 Å². The third kappa shape index (κ3) is 10.1. The minimum atomic E-state index is -4.73. The van der Waals surface area contributed by atoms with Crippen LogP contribution in [0.15, 0.2) is 36.7 Å². The number of hydrogen-bond acceptors (Lipinski definition) is 12. The maximum absolute atomic E-state index is 14.3. The first-order valence-electron chi connectivity index (χ1n) is 16.5. The molecule has 1 saturated heterocycles. The number of rotatable bonds is 20. The number of aromatic nitrogens is 4. The summed E-state index contributed by atoms with van der Waals surface area (Å²) in [5, 5.41) is 23.5. The minimum absolute atomic E-state index is 0.0225. The molecular formula is C33H44FN6O9P. The highest BCUT2D eigenvalue weighted by Gasteiger charge is 2.50. The third-order valence-electron chi connectivity index (χ3n) is 8.25. The fraction of sp³-hybridized carbons (Fsp3) is 0.545. The number of aliphatic carboxylic acids is 1. The van der Waals surface area contributed by atoms with Crippen molar-refractivity contribution in [3.63, 3.8) is 0 Å². The first-order chi connectivity index (χ1) is 23.9. The number of anilines is 1. The highest BCUT2D eigenvalue weighted by molar-refractivity contribution is 7.51. The zero-order valence-electron chi connectivity index (χ0n) is 28.1. The normalized spacial score (nSPS) is 21.3. The molecule has 0 amide bonds. The summed E-state index contributed by atoms with van der Waals surface area (Å²) >= 11 is 0. The van der Waals surface area contributed by atoms with Crippen LogP contribution >= 0.6 is 7.75 Å². The molecule has 6 atom stereocenters. The number of ether oxygens (including phenoxy) is 2. The molecule has 5 N–H and O–H groups in total. The highest BCUT2D eigenvalue weighted by Crippen LogP contribution is 2.49. The average Bonchev–Trinajstić information content (AvgIpc) is 3.66. The number of nitrogen functional groups attached to an aromatic ring is 1. The predicted octanol–water partition coefficient (Wildman–Crippen LogP) is 4.31. The van der Waals surface area contributed by atoms with Crippen LogP contribution in [0.3, 0.4) is 0 Å². The van der Waals surface area contributed by atoms with Crippen molar-refractivity contribution in [3.8, 4) is 12.3 Å². The number of carboxylic acid groups (broad SMARTS) is 1. The van der Waals surface area contributed by atoms with Crippen LogP contribution in [0.2, 0.25) is 0 Å². The molecule has 0 aliphatic carbocycles. The lowest BCUT2D eigenvalue weighted by Crippen LogP contribution is -2.44. The van der Waals surface area contributed by atoms with Crippen LogP contribution in [-0.2, 0) is 39.1 Å². The van der Waals surface area contributed by atoms with E-state index in [1.165, 1.54) is 24.2 Å². The SMILES string of the molecule is C#C[C@]1(CO[P@@](=O)(NC(Cc2ccccc2)C(=O)O)OC(C)C(=O)OCCCCCCCCC)O[C@@H](n2cnc3c(N)nc(F)nc32)C[C@@H]1O. The van der Waals surface area contributed by atoms with Gasteiger partial charge in [-0.1, -0.05) is 81.7 Å². The van der Waals surface area contributed by atoms with E-state index < -0.39 is 62.4 Å². The Bertz CT molecular complexity index is 1690. The Balaban J connectivity index is 1.49. The first-order valence-corrected chi connectivity index (χ1v) is 18.1. The lowest BCUT2D eigenvalue weighted by Gasteiger charge is -2.30. The molecule has 1 aromatic carbocycles. The van der Waals surface area contributed by atoms with Crippen molar-refractivity contribution in [3.05, 3.63) is 48.3 Å². The average molecular weight is 719 g/mol. The quantitative estimate of drug-likeness (QED) is 0.0422. The van der Waals surface area contributed by atoms with Crippen LogP contribution in [0.1, 0.15) is 77.0 Å². The summed E-state index contributed by atoms with van der Waals surface area (Å²) in [5.74, 6) is -0.0815. The molecule has 50 heavy (non-hydrogen) atoms. The first kappa shape index (κ1) is 38.8. The van der Waals surface area contributed by atoms with E-state index in [0.717, 1.165) is 32.1 Å². The third-order valence-corrected chi connectivity index (χ3v) is 9.94. The number of halogens is 1. The van der Waals surface area contributed by atoms with Gasteiger partial charge in [-0.3, -0.25) is 18.4 Å². The molecule has 2 unspecified atom stereocenters. The molecule has 0 bridgehead atoms. The van der Waals surface area contributed by atoms with Crippen LogP contribution in [0.5, 0.6) is 0 Å². The van der Waals surface area contributed by atoms with Gasteiger partial charge in [-0.25, -0.2) is 19.4 Å². The highest BCUT2D eigenvalue weighted by atomic mass is 31.2. The van der Waals surface area contributed by atoms with E-state index in [2.05, 4.69) is 32.9 Å². The maximum Gasteiger partial charge on any atom is 0.407 e. The number of aliphatic hydroxyl groups excluding tert-OH is 1. The van der Waals surface area contributed by atoms with Crippen LogP contribution in [-0.4, -0.2) is 78.7 Å². The number of esters is 1. The second-order valence-corrected chi connectivity index (χ2v) is 13.8. The molecule has 3 aromatic rings. The van der Waals surface area contributed by atoms with E-state index in [-0.39, 0.29) is 36.4 Å². The number of fused-ring (bicyclic) bond motifs is 1. The van der Waals surface area contributed by atoms with Crippen LogP contribution < -0.4 is 10.8 Å². The number of hydrogen-bond donors (Lipinski definition) is 4. The number of carboxylic acids is 1. The Kier molecular flexibility index (Phi) is 13.8. The summed E-state index contributed by atoms with van der Waals surface area (Å²) in [6.07, 6.45) is 8.83. The van der Waals surface area contributed by atoms with Gasteiger partial charge in [-0.2, -0.15) is 14.4 Å². The topological polar surface area (TPSA) is 210 Å². The zero-order valence-corrected chi connectivity index (χ0v) is 29.0. The van der Waals surface area contributed by atoms with Crippen molar-refractivity contribution in [1.82, 2.24) is 24.6 Å². The minimum Gasteiger partial charge on any atom is -0.480 e. The van der Waals surface area contributed by atoms with E-state index >= 15 is 0 Å². The largest absolute Gasteiger partial charge is 0.480 e. The van der Waals surface area contributed by atoms with Crippen molar-refractivity contribution < 1.29 is 47.3 Å². The number of aliphatic hydroxyl groups is 1. The number of nitrogens with two attached hydrogens (primary N) is 1. The Labute approximate surface area is 289 Å². The molecule has 272 valence electrons.